The van der Waals surface area contributed by atoms with Crippen molar-refractivity contribution in [3.63, 3.8) is 0 Å². The lowest BCUT2D eigenvalue weighted by atomic mass is 9.72. The summed E-state index contributed by atoms with van der Waals surface area (Å²) in [6.45, 7) is 2.13. The SMILES string of the molecule is CCC(C)(C(=O)OC)C(F)(F)F.OC(C(F)(F)F)(C(F)(F)F)C1(F)CC2CCC1C2. The van der Waals surface area contributed by atoms with Crippen LogP contribution in [0, 0.1) is 17.3 Å². The molecule has 178 valence electrons. The van der Waals surface area contributed by atoms with Gasteiger partial charge in [-0.3, -0.25) is 4.79 Å². The number of alkyl halides is 10. The van der Waals surface area contributed by atoms with Crippen LogP contribution in [0.2, 0.25) is 0 Å². The van der Waals surface area contributed by atoms with Gasteiger partial charge in [0.05, 0.1) is 7.11 Å². The molecule has 1 N–H and O–H groups in total. The molecule has 2 rings (SSSR count). The van der Waals surface area contributed by atoms with E-state index in [2.05, 4.69) is 4.74 Å². The summed E-state index contributed by atoms with van der Waals surface area (Å²) >= 11 is 0. The fourth-order valence-corrected chi connectivity index (χ4v) is 4.02. The summed E-state index contributed by atoms with van der Waals surface area (Å²) in [6.07, 6.45) is -17.6. The number of hydrogen-bond acceptors (Lipinski definition) is 3. The molecule has 0 aromatic heterocycles. The smallest absolute Gasteiger partial charge is 0.429 e. The molecule has 2 saturated carbocycles. The van der Waals surface area contributed by atoms with Crippen molar-refractivity contribution in [1.29, 1.82) is 0 Å². The molecule has 2 aliphatic carbocycles. The zero-order valence-electron chi connectivity index (χ0n) is 16.2. The minimum Gasteiger partial charge on any atom is -0.468 e. The molecule has 2 aliphatic rings. The number of carbonyl (C=O) groups is 1. The van der Waals surface area contributed by atoms with Crippen LogP contribution in [0.5, 0.6) is 0 Å². The Labute approximate surface area is 165 Å². The number of rotatable bonds is 3. The van der Waals surface area contributed by atoms with E-state index in [4.69, 9.17) is 5.11 Å². The molecule has 4 unspecified atom stereocenters. The summed E-state index contributed by atoms with van der Waals surface area (Å²) in [4.78, 5) is 10.8. The first-order valence-corrected chi connectivity index (χ1v) is 8.92. The van der Waals surface area contributed by atoms with Crippen LogP contribution in [0.3, 0.4) is 0 Å². The van der Waals surface area contributed by atoms with Crippen molar-refractivity contribution in [2.24, 2.45) is 17.3 Å². The molecule has 0 radical (unpaired) electrons. The molecule has 0 spiro atoms. The van der Waals surface area contributed by atoms with Crippen LogP contribution in [0.15, 0.2) is 0 Å². The first-order chi connectivity index (χ1) is 13.2. The Morgan fingerprint density at radius 3 is 1.67 bits per heavy atom. The molecule has 30 heavy (non-hydrogen) atoms. The number of fused-ring (bicyclic) bond motifs is 2. The molecule has 0 heterocycles. The van der Waals surface area contributed by atoms with Crippen molar-refractivity contribution in [3.05, 3.63) is 0 Å². The largest absolute Gasteiger partial charge is 0.468 e. The number of hydrogen-bond donors (Lipinski definition) is 1. The summed E-state index contributed by atoms with van der Waals surface area (Å²) in [6, 6.07) is 0. The quantitative estimate of drug-likeness (QED) is 0.443. The first-order valence-electron chi connectivity index (χ1n) is 8.92. The van der Waals surface area contributed by atoms with E-state index in [-0.39, 0.29) is 19.3 Å². The molecule has 2 bridgehead atoms. The lowest BCUT2D eigenvalue weighted by Gasteiger charge is -2.45. The molecule has 0 saturated heterocycles. The molecule has 4 atom stereocenters. The lowest BCUT2D eigenvalue weighted by Crippen LogP contribution is -2.70. The predicted molar refractivity (Wildman–Crippen MR) is 82.8 cm³/mol. The topological polar surface area (TPSA) is 46.5 Å². The summed E-state index contributed by atoms with van der Waals surface area (Å²) < 4.78 is 131. The van der Waals surface area contributed by atoms with E-state index in [1.165, 1.54) is 6.92 Å². The highest BCUT2D eigenvalue weighted by atomic mass is 19.4. The molecular weight excluding hydrogens is 442 g/mol. The van der Waals surface area contributed by atoms with E-state index in [0.29, 0.717) is 6.42 Å². The zero-order chi connectivity index (χ0) is 24.0. The molecule has 0 aromatic carbocycles. The van der Waals surface area contributed by atoms with Crippen molar-refractivity contribution in [2.45, 2.75) is 75.8 Å². The fourth-order valence-electron chi connectivity index (χ4n) is 4.02. The van der Waals surface area contributed by atoms with Gasteiger partial charge in [0.2, 0.25) is 0 Å². The third-order valence-electron chi connectivity index (χ3n) is 6.16. The van der Waals surface area contributed by atoms with Crippen molar-refractivity contribution < 1.29 is 58.5 Å². The van der Waals surface area contributed by atoms with Crippen LogP contribution in [0.4, 0.5) is 43.9 Å². The maximum atomic E-state index is 14.4. The van der Waals surface area contributed by atoms with Crippen molar-refractivity contribution in [3.8, 4) is 0 Å². The summed E-state index contributed by atoms with van der Waals surface area (Å²) in [5.74, 6) is -3.12. The zero-order valence-corrected chi connectivity index (χ0v) is 16.2. The van der Waals surface area contributed by atoms with Crippen LogP contribution >= 0.6 is 0 Å². The lowest BCUT2D eigenvalue weighted by molar-refractivity contribution is -0.408. The van der Waals surface area contributed by atoms with Crippen molar-refractivity contribution >= 4 is 5.97 Å². The second kappa shape index (κ2) is 8.01. The number of carbonyl (C=O) groups excluding carboxylic acids is 1. The third kappa shape index (κ3) is 4.10. The Hall–Kier alpha value is -1.27. The van der Waals surface area contributed by atoms with Crippen molar-refractivity contribution in [1.82, 2.24) is 0 Å². The van der Waals surface area contributed by atoms with E-state index in [0.717, 1.165) is 14.0 Å². The second-order valence-corrected chi connectivity index (χ2v) is 7.82. The minimum atomic E-state index is -6.08. The van der Waals surface area contributed by atoms with Crippen LogP contribution < -0.4 is 0 Å². The van der Waals surface area contributed by atoms with Gasteiger partial charge in [0.1, 0.15) is 0 Å². The number of esters is 1. The molecule has 0 amide bonds. The molecule has 0 aromatic rings. The van der Waals surface area contributed by atoms with Gasteiger partial charge in [0.25, 0.3) is 5.60 Å². The average molecular weight is 464 g/mol. The van der Waals surface area contributed by atoms with Gasteiger partial charge in [-0.05, 0) is 50.9 Å². The summed E-state index contributed by atoms with van der Waals surface area (Å²) in [5.41, 5.74) is -11.3. The van der Waals surface area contributed by atoms with Gasteiger partial charge in [0.15, 0.2) is 11.1 Å². The molecule has 3 nitrogen and oxygen atoms in total. The highest BCUT2D eigenvalue weighted by Crippen LogP contribution is 2.63. The van der Waals surface area contributed by atoms with E-state index in [9.17, 15) is 48.7 Å². The maximum absolute atomic E-state index is 14.4. The van der Waals surface area contributed by atoms with Crippen molar-refractivity contribution in [2.75, 3.05) is 7.11 Å². The number of halogens is 10. The summed E-state index contributed by atoms with van der Waals surface area (Å²) in [5, 5.41) is 9.14. The van der Waals surface area contributed by atoms with E-state index < -0.39 is 59.4 Å². The third-order valence-corrected chi connectivity index (χ3v) is 6.16. The number of ether oxygens (including phenoxy) is 1. The first kappa shape index (κ1) is 26.8. The molecular formula is C17H22F10O3. The normalized spacial score (nSPS) is 29.1. The minimum absolute atomic E-state index is 0.0228. The van der Waals surface area contributed by atoms with Gasteiger partial charge < -0.3 is 9.84 Å². The van der Waals surface area contributed by atoms with Crippen LogP contribution in [-0.4, -0.2) is 48.0 Å². The highest BCUT2D eigenvalue weighted by Gasteiger charge is 2.83. The molecule has 13 heteroatoms. The van der Waals surface area contributed by atoms with E-state index >= 15 is 0 Å². The van der Waals surface area contributed by atoms with Crippen LogP contribution in [-0.2, 0) is 9.53 Å². The Bertz CT molecular complexity index is 613. The van der Waals surface area contributed by atoms with E-state index in [1.54, 1.807) is 0 Å². The standard InChI is InChI=1S/C10H11F7O.C7H11F3O2/c11-7(4-5-1-2-6(7)3-5)8(18,9(12,13)14)10(15,16)17;1-4-6(2,5(11)12-3)7(8,9)10/h5-6,18H,1-4H2;4H2,1-3H3. The molecule has 0 aliphatic heterocycles. The molecule has 2 fully saturated rings. The second-order valence-electron chi connectivity index (χ2n) is 7.82. The van der Waals surface area contributed by atoms with E-state index in [1.807, 2.05) is 0 Å². The Kier molecular flexibility index (Phi) is 7.15. The Morgan fingerprint density at radius 1 is 1.00 bits per heavy atom. The number of methoxy groups -OCH3 is 1. The van der Waals surface area contributed by atoms with Gasteiger partial charge >= 0.3 is 24.5 Å². The van der Waals surface area contributed by atoms with Crippen LogP contribution in [0.1, 0.15) is 46.0 Å². The Balaban J connectivity index is 0.000000329. The maximum Gasteiger partial charge on any atom is 0.429 e. The van der Waals surface area contributed by atoms with Gasteiger partial charge in [0, 0.05) is 0 Å². The predicted octanol–water partition coefficient (Wildman–Crippen LogP) is 5.51. The number of aliphatic hydroxyl groups is 1. The van der Waals surface area contributed by atoms with Gasteiger partial charge in [-0.15, -0.1) is 0 Å². The van der Waals surface area contributed by atoms with Crippen LogP contribution in [0.25, 0.3) is 0 Å². The average Bonchev–Trinajstić information content (AvgIpc) is 3.18. The highest BCUT2D eigenvalue weighted by molar-refractivity contribution is 5.77. The Morgan fingerprint density at radius 2 is 1.47 bits per heavy atom. The van der Waals surface area contributed by atoms with Gasteiger partial charge in [-0.2, -0.15) is 39.5 Å². The van der Waals surface area contributed by atoms with Gasteiger partial charge in [-0.25, -0.2) is 4.39 Å². The fraction of sp³-hybridized carbons (Fsp3) is 0.941. The monoisotopic (exact) mass is 464 g/mol. The summed E-state index contributed by atoms with van der Waals surface area (Å²) in [7, 11) is 0.946. The van der Waals surface area contributed by atoms with Gasteiger partial charge in [-0.1, -0.05) is 6.92 Å².